The van der Waals surface area contributed by atoms with Crippen LogP contribution in [0.5, 0.6) is 0 Å². The van der Waals surface area contributed by atoms with Crippen LogP contribution >= 0.6 is 24.0 Å². The number of aromatic nitrogens is 2. The van der Waals surface area contributed by atoms with Gasteiger partial charge in [-0.15, -0.1) is 24.0 Å². The number of ether oxygens (including phenoxy) is 3. The fourth-order valence-electron chi connectivity index (χ4n) is 4.35. The Hall–Kier alpha value is -0.910. The number of rotatable bonds is 9. The Morgan fingerprint density at radius 2 is 2.00 bits per heavy atom. The normalized spacial score (nSPS) is 20.3. The molecule has 3 rings (SSSR count). The summed E-state index contributed by atoms with van der Waals surface area (Å²) in [7, 11) is 1.72. The molecule has 0 bridgehead atoms. The van der Waals surface area contributed by atoms with Crippen LogP contribution in [-0.4, -0.2) is 79.4 Å². The third-order valence-electron chi connectivity index (χ3n) is 6.29. The first-order chi connectivity index (χ1) is 15.1. The lowest BCUT2D eigenvalue weighted by Crippen LogP contribution is -2.47. The number of aliphatic imine (C=N–C) groups is 1. The molecule has 32 heavy (non-hydrogen) atoms. The fraction of sp³-hybridized carbons (Fsp3) is 0.826. The van der Waals surface area contributed by atoms with E-state index in [1.54, 1.807) is 7.11 Å². The minimum atomic E-state index is 0. The molecule has 184 valence electrons. The molecule has 0 saturated carbocycles. The van der Waals surface area contributed by atoms with Crippen LogP contribution in [0.4, 0.5) is 0 Å². The number of hydrogen-bond donors (Lipinski definition) is 1. The van der Waals surface area contributed by atoms with Crippen LogP contribution < -0.4 is 5.32 Å². The van der Waals surface area contributed by atoms with E-state index in [0.29, 0.717) is 25.4 Å². The summed E-state index contributed by atoms with van der Waals surface area (Å²) in [5.74, 6) is 0.986. The van der Waals surface area contributed by atoms with Gasteiger partial charge in [0.2, 0.25) is 0 Å². The number of nitrogens with one attached hydrogen (secondary N) is 1. The van der Waals surface area contributed by atoms with Gasteiger partial charge in [-0.2, -0.15) is 5.10 Å². The maximum Gasteiger partial charge on any atom is 0.194 e. The minimum Gasteiger partial charge on any atom is -0.383 e. The summed E-state index contributed by atoms with van der Waals surface area (Å²) in [6.07, 6.45) is 6.27. The second-order valence-electron chi connectivity index (χ2n) is 8.54. The van der Waals surface area contributed by atoms with Crippen molar-refractivity contribution in [1.29, 1.82) is 0 Å². The number of methoxy groups -OCH3 is 1. The summed E-state index contributed by atoms with van der Waals surface area (Å²) in [4.78, 5) is 7.31. The van der Waals surface area contributed by atoms with Crippen LogP contribution in [0.3, 0.4) is 0 Å². The van der Waals surface area contributed by atoms with Gasteiger partial charge in [-0.05, 0) is 52.9 Å². The van der Waals surface area contributed by atoms with Crippen molar-refractivity contribution in [1.82, 2.24) is 20.0 Å². The average molecular weight is 564 g/mol. The van der Waals surface area contributed by atoms with Gasteiger partial charge in [0, 0.05) is 44.6 Å². The Morgan fingerprint density at radius 3 is 2.66 bits per heavy atom. The van der Waals surface area contributed by atoms with E-state index in [1.807, 2.05) is 4.68 Å². The lowest BCUT2D eigenvalue weighted by atomic mass is 10.1. The smallest absolute Gasteiger partial charge is 0.194 e. The molecule has 9 heteroatoms. The largest absolute Gasteiger partial charge is 0.383 e. The van der Waals surface area contributed by atoms with Crippen molar-refractivity contribution in [3.8, 4) is 0 Å². The number of aryl methyl sites for hydroxylation is 1. The topological polar surface area (TPSA) is 73.1 Å². The first-order valence-corrected chi connectivity index (χ1v) is 11.9. The lowest BCUT2D eigenvalue weighted by molar-refractivity contribution is -0.0721. The van der Waals surface area contributed by atoms with E-state index < -0.39 is 0 Å². The van der Waals surface area contributed by atoms with E-state index in [-0.39, 0.29) is 24.0 Å². The molecule has 0 radical (unpaired) electrons. The van der Waals surface area contributed by atoms with Crippen molar-refractivity contribution >= 4 is 29.9 Å². The highest BCUT2D eigenvalue weighted by Crippen LogP contribution is 2.19. The highest BCUT2D eigenvalue weighted by atomic mass is 127. The Morgan fingerprint density at radius 1 is 1.22 bits per heavy atom. The Labute approximate surface area is 210 Å². The van der Waals surface area contributed by atoms with Crippen LogP contribution in [0.15, 0.2) is 4.99 Å². The van der Waals surface area contributed by atoms with Gasteiger partial charge in [-0.3, -0.25) is 4.68 Å². The zero-order valence-corrected chi connectivity index (χ0v) is 22.6. The molecule has 2 aliphatic heterocycles. The highest BCUT2D eigenvalue weighted by Gasteiger charge is 2.24. The van der Waals surface area contributed by atoms with Crippen molar-refractivity contribution in [3.63, 3.8) is 0 Å². The molecule has 1 aromatic heterocycles. The van der Waals surface area contributed by atoms with Gasteiger partial charge in [0.25, 0.3) is 0 Å². The van der Waals surface area contributed by atoms with E-state index in [4.69, 9.17) is 19.2 Å². The van der Waals surface area contributed by atoms with Crippen LogP contribution in [-0.2, 0) is 27.3 Å². The first-order valence-electron chi connectivity index (χ1n) is 11.9. The number of hydrogen-bond acceptors (Lipinski definition) is 5. The van der Waals surface area contributed by atoms with Crippen molar-refractivity contribution in [3.05, 3.63) is 17.0 Å². The Bertz CT molecular complexity index is 698. The van der Waals surface area contributed by atoms with Crippen LogP contribution in [0.25, 0.3) is 0 Å². The van der Waals surface area contributed by atoms with Gasteiger partial charge >= 0.3 is 0 Å². The third-order valence-corrected chi connectivity index (χ3v) is 6.29. The first kappa shape index (κ1) is 27.3. The van der Waals surface area contributed by atoms with Crippen LogP contribution in [0, 0.1) is 13.8 Å². The molecule has 0 amide bonds. The maximum atomic E-state index is 6.17. The van der Waals surface area contributed by atoms with E-state index in [2.05, 4.69) is 36.1 Å². The summed E-state index contributed by atoms with van der Waals surface area (Å²) in [5, 5.41) is 8.13. The number of nitrogens with zero attached hydrogens (tertiary/aromatic N) is 4. The molecule has 0 aliphatic carbocycles. The van der Waals surface area contributed by atoms with Crippen molar-refractivity contribution in [2.45, 2.75) is 78.2 Å². The standard InChI is InChI=1S/C23H41N5O3.HI/c1-5-24-23(25-16-22-18(2)26-28(19(22)3)13-15-29-4)27-11-9-20(10-12-27)31-17-21-8-6-7-14-30-21;/h20-21H,5-17H2,1-4H3,(H,24,25);1H. The molecule has 2 fully saturated rings. The van der Waals surface area contributed by atoms with Gasteiger partial charge in [-0.25, -0.2) is 4.99 Å². The SMILES string of the molecule is CCNC(=NCc1c(C)nn(CCOC)c1C)N1CCC(OCC2CCCCO2)CC1.I. The van der Waals surface area contributed by atoms with Crippen LogP contribution in [0.2, 0.25) is 0 Å². The third kappa shape index (κ3) is 7.85. The summed E-state index contributed by atoms with van der Waals surface area (Å²) in [6.45, 7) is 12.8. The molecule has 1 aromatic rings. The van der Waals surface area contributed by atoms with Crippen molar-refractivity contribution < 1.29 is 14.2 Å². The fourth-order valence-corrected chi connectivity index (χ4v) is 4.35. The lowest BCUT2D eigenvalue weighted by Gasteiger charge is -2.35. The summed E-state index contributed by atoms with van der Waals surface area (Å²) < 4.78 is 19.2. The average Bonchev–Trinajstić information content (AvgIpc) is 3.07. The van der Waals surface area contributed by atoms with E-state index >= 15 is 0 Å². The van der Waals surface area contributed by atoms with Gasteiger partial charge < -0.3 is 24.4 Å². The second kappa shape index (κ2) is 14.4. The summed E-state index contributed by atoms with van der Waals surface area (Å²) >= 11 is 0. The quantitative estimate of drug-likeness (QED) is 0.283. The maximum absolute atomic E-state index is 6.17. The van der Waals surface area contributed by atoms with E-state index in [9.17, 15) is 0 Å². The summed E-state index contributed by atoms with van der Waals surface area (Å²) in [6, 6.07) is 0. The van der Waals surface area contributed by atoms with E-state index in [0.717, 1.165) is 70.3 Å². The van der Waals surface area contributed by atoms with Gasteiger partial charge in [0.15, 0.2) is 5.96 Å². The molecular weight excluding hydrogens is 521 g/mol. The second-order valence-corrected chi connectivity index (χ2v) is 8.54. The predicted octanol–water partition coefficient (Wildman–Crippen LogP) is 3.28. The zero-order valence-electron chi connectivity index (χ0n) is 20.3. The minimum absolute atomic E-state index is 0. The molecule has 0 aromatic carbocycles. The Balaban J connectivity index is 0.00000363. The van der Waals surface area contributed by atoms with Gasteiger partial charge in [0.1, 0.15) is 0 Å². The molecule has 1 N–H and O–H groups in total. The summed E-state index contributed by atoms with van der Waals surface area (Å²) in [5.41, 5.74) is 3.42. The monoisotopic (exact) mass is 563 g/mol. The van der Waals surface area contributed by atoms with Crippen molar-refractivity contribution in [2.75, 3.05) is 46.6 Å². The molecule has 0 spiro atoms. The molecule has 3 heterocycles. The molecule has 1 atom stereocenters. The van der Waals surface area contributed by atoms with E-state index in [1.165, 1.54) is 24.1 Å². The predicted molar refractivity (Wildman–Crippen MR) is 138 cm³/mol. The number of halogens is 1. The number of likely N-dealkylation sites (tertiary alicyclic amines) is 1. The van der Waals surface area contributed by atoms with Crippen LogP contribution in [0.1, 0.15) is 56.0 Å². The highest BCUT2D eigenvalue weighted by molar-refractivity contribution is 14.0. The molecule has 2 aliphatic rings. The zero-order chi connectivity index (χ0) is 22.1. The van der Waals surface area contributed by atoms with Crippen molar-refractivity contribution in [2.24, 2.45) is 4.99 Å². The molecule has 2 saturated heterocycles. The van der Waals surface area contributed by atoms with Gasteiger partial charge in [0.05, 0.1) is 44.2 Å². The molecule has 1 unspecified atom stereocenters. The number of piperidine rings is 1. The van der Waals surface area contributed by atoms with Gasteiger partial charge in [-0.1, -0.05) is 0 Å². The molecular formula is C23H42IN5O3. The Kier molecular flexibility index (Phi) is 12.3. The number of guanidine groups is 1. The molecule has 8 nitrogen and oxygen atoms in total.